The Labute approximate surface area is 103 Å². The van der Waals surface area contributed by atoms with Crippen molar-refractivity contribution >= 4 is 11.6 Å². The van der Waals surface area contributed by atoms with Gasteiger partial charge in [-0.25, -0.2) is 4.98 Å². The van der Waals surface area contributed by atoms with Gasteiger partial charge in [0.15, 0.2) is 0 Å². The van der Waals surface area contributed by atoms with Gasteiger partial charge < -0.3 is 15.0 Å². The molecule has 1 aromatic carbocycles. The largest absolute Gasteiger partial charge is 0.497 e. The summed E-state index contributed by atoms with van der Waals surface area (Å²) in [7, 11) is 1.55. The number of hydrogen-bond donors (Lipinski definition) is 2. The summed E-state index contributed by atoms with van der Waals surface area (Å²) < 4.78 is 5.04. The van der Waals surface area contributed by atoms with E-state index >= 15 is 0 Å². The van der Waals surface area contributed by atoms with Crippen LogP contribution in [-0.4, -0.2) is 23.0 Å². The molecule has 92 valence electrons. The molecule has 0 spiro atoms. The standard InChI is InChI=1S/C12H11N3O3/c1-18-9-4-2-3-8(5-9)15-12(17)10-6-14-11(16)7-13-10/h2-7H,1H3,(H,14,16)(H,15,17). The maximum absolute atomic E-state index is 11.8. The van der Waals surface area contributed by atoms with Crippen molar-refractivity contribution in [1.29, 1.82) is 0 Å². The molecule has 0 bridgehead atoms. The lowest BCUT2D eigenvalue weighted by Gasteiger charge is -2.06. The first-order valence-electron chi connectivity index (χ1n) is 5.19. The highest BCUT2D eigenvalue weighted by Crippen LogP contribution is 2.16. The molecule has 2 aromatic rings. The molecule has 0 saturated carbocycles. The Hall–Kier alpha value is -2.63. The molecule has 6 nitrogen and oxygen atoms in total. The molecular weight excluding hydrogens is 234 g/mol. The number of hydrogen-bond acceptors (Lipinski definition) is 4. The number of rotatable bonds is 3. The molecule has 0 aliphatic rings. The predicted octanol–water partition coefficient (Wildman–Crippen LogP) is 1.03. The fourth-order valence-corrected chi connectivity index (χ4v) is 1.36. The average molecular weight is 245 g/mol. The van der Waals surface area contributed by atoms with Gasteiger partial charge in [0.25, 0.3) is 11.5 Å². The molecule has 0 unspecified atom stereocenters. The van der Waals surface area contributed by atoms with Gasteiger partial charge in [0, 0.05) is 18.0 Å². The summed E-state index contributed by atoms with van der Waals surface area (Å²) in [6, 6.07) is 6.94. The maximum Gasteiger partial charge on any atom is 0.275 e. The summed E-state index contributed by atoms with van der Waals surface area (Å²) >= 11 is 0. The van der Waals surface area contributed by atoms with Crippen molar-refractivity contribution in [3.63, 3.8) is 0 Å². The number of aromatic amines is 1. The Morgan fingerprint density at radius 1 is 1.44 bits per heavy atom. The molecule has 2 N–H and O–H groups in total. The van der Waals surface area contributed by atoms with Gasteiger partial charge in [-0.2, -0.15) is 0 Å². The van der Waals surface area contributed by atoms with Gasteiger partial charge in [-0.3, -0.25) is 9.59 Å². The minimum Gasteiger partial charge on any atom is -0.497 e. The van der Waals surface area contributed by atoms with Crippen LogP contribution in [0.15, 0.2) is 41.5 Å². The highest BCUT2D eigenvalue weighted by molar-refractivity contribution is 6.02. The van der Waals surface area contributed by atoms with Crippen molar-refractivity contribution < 1.29 is 9.53 Å². The number of amides is 1. The number of methoxy groups -OCH3 is 1. The number of nitrogens with zero attached hydrogens (tertiary/aromatic N) is 1. The van der Waals surface area contributed by atoms with Gasteiger partial charge in [0.1, 0.15) is 11.4 Å². The van der Waals surface area contributed by atoms with Gasteiger partial charge in [-0.1, -0.05) is 6.07 Å². The molecule has 0 fully saturated rings. The Morgan fingerprint density at radius 3 is 2.94 bits per heavy atom. The first-order chi connectivity index (χ1) is 8.69. The summed E-state index contributed by atoms with van der Waals surface area (Å²) in [5, 5.41) is 2.65. The Morgan fingerprint density at radius 2 is 2.28 bits per heavy atom. The summed E-state index contributed by atoms with van der Waals surface area (Å²) in [5.74, 6) is 0.238. The van der Waals surface area contributed by atoms with Gasteiger partial charge in [0.2, 0.25) is 0 Å². The zero-order valence-electron chi connectivity index (χ0n) is 9.64. The SMILES string of the molecule is COc1cccc(NC(=O)c2c[nH]c(=O)cn2)c1. The average Bonchev–Trinajstić information content (AvgIpc) is 2.39. The van der Waals surface area contributed by atoms with Gasteiger partial charge in [0.05, 0.1) is 13.3 Å². The van der Waals surface area contributed by atoms with Crippen LogP contribution in [0.5, 0.6) is 5.75 Å². The first kappa shape index (κ1) is 11.8. The van der Waals surface area contributed by atoms with Crippen molar-refractivity contribution in [2.75, 3.05) is 12.4 Å². The number of carbonyl (C=O) groups is 1. The Balaban J connectivity index is 2.15. The molecule has 0 saturated heterocycles. The molecule has 2 rings (SSSR count). The second-order valence-electron chi connectivity index (χ2n) is 3.48. The molecule has 1 heterocycles. The molecule has 0 radical (unpaired) electrons. The van der Waals surface area contributed by atoms with E-state index in [9.17, 15) is 9.59 Å². The van der Waals surface area contributed by atoms with Crippen LogP contribution in [0.4, 0.5) is 5.69 Å². The Kier molecular flexibility index (Phi) is 3.38. The van der Waals surface area contributed by atoms with Crippen molar-refractivity contribution in [3.8, 4) is 5.75 Å². The van der Waals surface area contributed by atoms with E-state index in [2.05, 4.69) is 15.3 Å². The fourth-order valence-electron chi connectivity index (χ4n) is 1.36. The number of benzene rings is 1. The van der Waals surface area contributed by atoms with Crippen LogP contribution in [0.2, 0.25) is 0 Å². The van der Waals surface area contributed by atoms with E-state index < -0.39 is 5.91 Å². The molecule has 6 heteroatoms. The molecular formula is C12H11N3O3. The zero-order valence-corrected chi connectivity index (χ0v) is 9.64. The van der Waals surface area contributed by atoms with E-state index in [0.717, 1.165) is 6.20 Å². The van der Waals surface area contributed by atoms with Gasteiger partial charge >= 0.3 is 0 Å². The normalized spacial score (nSPS) is 9.83. The number of ether oxygens (including phenoxy) is 1. The number of anilines is 1. The smallest absolute Gasteiger partial charge is 0.275 e. The first-order valence-corrected chi connectivity index (χ1v) is 5.19. The highest BCUT2D eigenvalue weighted by atomic mass is 16.5. The van der Waals surface area contributed by atoms with E-state index in [4.69, 9.17) is 4.74 Å². The van der Waals surface area contributed by atoms with E-state index in [1.165, 1.54) is 6.20 Å². The van der Waals surface area contributed by atoms with E-state index in [1.807, 2.05) is 0 Å². The van der Waals surface area contributed by atoms with Crippen LogP contribution in [0.25, 0.3) is 0 Å². The predicted molar refractivity (Wildman–Crippen MR) is 65.8 cm³/mol. The molecule has 1 aromatic heterocycles. The van der Waals surface area contributed by atoms with Gasteiger partial charge in [-0.15, -0.1) is 0 Å². The van der Waals surface area contributed by atoms with Crippen molar-refractivity contribution in [2.24, 2.45) is 0 Å². The van der Waals surface area contributed by atoms with Crippen molar-refractivity contribution in [1.82, 2.24) is 9.97 Å². The second kappa shape index (κ2) is 5.13. The Bertz CT molecular complexity index is 601. The lowest BCUT2D eigenvalue weighted by molar-refractivity contribution is 0.102. The zero-order chi connectivity index (χ0) is 13.0. The minimum atomic E-state index is -0.403. The third-order valence-corrected chi connectivity index (χ3v) is 2.23. The van der Waals surface area contributed by atoms with Crippen LogP contribution < -0.4 is 15.6 Å². The summed E-state index contributed by atoms with van der Waals surface area (Å²) in [6.07, 6.45) is 2.32. The van der Waals surface area contributed by atoms with Gasteiger partial charge in [-0.05, 0) is 12.1 Å². The maximum atomic E-state index is 11.8. The monoisotopic (exact) mass is 245 g/mol. The fraction of sp³-hybridized carbons (Fsp3) is 0.0833. The number of H-pyrrole nitrogens is 1. The molecule has 0 atom stereocenters. The third kappa shape index (κ3) is 2.73. The number of carbonyl (C=O) groups excluding carboxylic acids is 1. The van der Waals surface area contributed by atoms with Crippen LogP contribution in [0.1, 0.15) is 10.5 Å². The summed E-state index contributed by atoms with van der Waals surface area (Å²) in [6.45, 7) is 0. The van der Waals surface area contributed by atoms with Crippen molar-refractivity contribution in [3.05, 3.63) is 52.7 Å². The van der Waals surface area contributed by atoms with Crippen LogP contribution in [0, 0.1) is 0 Å². The topological polar surface area (TPSA) is 84.1 Å². The van der Waals surface area contributed by atoms with E-state index in [1.54, 1.807) is 31.4 Å². The quantitative estimate of drug-likeness (QED) is 0.845. The van der Waals surface area contributed by atoms with E-state index in [-0.39, 0.29) is 11.3 Å². The van der Waals surface area contributed by atoms with Crippen LogP contribution >= 0.6 is 0 Å². The molecule has 1 amide bonds. The van der Waals surface area contributed by atoms with Crippen molar-refractivity contribution in [2.45, 2.75) is 0 Å². The third-order valence-electron chi connectivity index (χ3n) is 2.23. The lowest BCUT2D eigenvalue weighted by Crippen LogP contribution is -2.16. The summed E-state index contributed by atoms with van der Waals surface area (Å²) in [4.78, 5) is 28.7. The van der Waals surface area contributed by atoms with Crippen LogP contribution in [-0.2, 0) is 0 Å². The summed E-state index contributed by atoms with van der Waals surface area (Å²) in [5.41, 5.74) is 0.373. The molecule has 0 aliphatic carbocycles. The van der Waals surface area contributed by atoms with E-state index in [0.29, 0.717) is 11.4 Å². The lowest BCUT2D eigenvalue weighted by atomic mass is 10.3. The highest BCUT2D eigenvalue weighted by Gasteiger charge is 2.07. The minimum absolute atomic E-state index is 0.136. The number of aromatic nitrogens is 2. The number of nitrogens with one attached hydrogen (secondary N) is 2. The second-order valence-corrected chi connectivity index (χ2v) is 3.48. The molecule has 0 aliphatic heterocycles. The molecule has 18 heavy (non-hydrogen) atoms. The van der Waals surface area contributed by atoms with Crippen LogP contribution in [0.3, 0.4) is 0 Å².